The molecule has 33 heavy (non-hydrogen) atoms. The van der Waals surface area contributed by atoms with Crippen molar-refractivity contribution in [2.24, 2.45) is 13.0 Å². The molecule has 0 saturated carbocycles. The summed E-state index contributed by atoms with van der Waals surface area (Å²) >= 11 is 0. The van der Waals surface area contributed by atoms with Crippen LogP contribution in [-0.4, -0.2) is 62.4 Å². The lowest BCUT2D eigenvalue weighted by molar-refractivity contribution is -0.184. The number of amides is 1. The molecule has 2 aliphatic heterocycles. The van der Waals surface area contributed by atoms with Crippen molar-refractivity contribution in [2.45, 2.75) is 19.0 Å². The summed E-state index contributed by atoms with van der Waals surface area (Å²) in [6.07, 6.45) is -1.00. The van der Waals surface area contributed by atoms with E-state index in [0.29, 0.717) is 36.8 Å². The van der Waals surface area contributed by atoms with E-state index in [1.165, 1.54) is 26.2 Å². The number of halogens is 3. The molecule has 0 spiro atoms. The maximum Gasteiger partial charge on any atom is 0.393 e. The number of ether oxygens (including phenoxy) is 1. The first-order chi connectivity index (χ1) is 15.7. The van der Waals surface area contributed by atoms with Crippen LogP contribution in [0.25, 0.3) is 5.65 Å². The van der Waals surface area contributed by atoms with Gasteiger partial charge in [-0.1, -0.05) is 0 Å². The zero-order valence-corrected chi connectivity index (χ0v) is 17.7. The van der Waals surface area contributed by atoms with Gasteiger partial charge in [-0.25, -0.2) is 14.5 Å². The van der Waals surface area contributed by atoms with Gasteiger partial charge in [-0.05, 0) is 25.0 Å². The molecule has 0 bridgehead atoms. The lowest BCUT2D eigenvalue weighted by atomic mass is 9.97. The van der Waals surface area contributed by atoms with Gasteiger partial charge in [0.15, 0.2) is 17.2 Å². The number of alkyl halides is 3. The number of pyridine rings is 2. The fourth-order valence-corrected chi connectivity index (χ4v) is 4.32. The van der Waals surface area contributed by atoms with Crippen molar-refractivity contribution in [3.8, 4) is 5.75 Å². The SMILES string of the molecule is Cn1nc2cc(N3CCOc4cc(C(=O)N5CCC[C@@H](C(F)(F)F)C5)cnc43)ccn2c1=O. The molecule has 2 aliphatic rings. The van der Waals surface area contributed by atoms with Gasteiger partial charge in [-0.3, -0.25) is 9.20 Å². The highest BCUT2D eigenvalue weighted by Crippen LogP contribution is 2.37. The number of piperidine rings is 1. The monoisotopic (exact) mass is 462 g/mol. The Morgan fingerprint density at radius 1 is 1.24 bits per heavy atom. The van der Waals surface area contributed by atoms with E-state index in [1.54, 1.807) is 25.4 Å². The third-order valence-corrected chi connectivity index (χ3v) is 6.04. The second kappa shape index (κ2) is 7.78. The summed E-state index contributed by atoms with van der Waals surface area (Å²) in [6, 6.07) is 5.04. The molecule has 0 radical (unpaired) electrons. The van der Waals surface area contributed by atoms with E-state index in [9.17, 15) is 22.8 Å². The fourth-order valence-electron chi connectivity index (χ4n) is 4.32. The Morgan fingerprint density at radius 2 is 2.06 bits per heavy atom. The predicted molar refractivity (Wildman–Crippen MR) is 112 cm³/mol. The molecule has 3 aromatic heterocycles. The highest BCUT2D eigenvalue weighted by molar-refractivity contribution is 5.95. The summed E-state index contributed by atoms with van der Waals surface area (Å²) < 4.78 is 47.8. The van der Waals surface area contributed by atoms with E-state index in [4.69, 9.17) is 4.74 Å². The Bertz CT molecular complexity index is 1280. The highest BCUT2D eigenvalue weighted by Gasteiger charge is 2.43. The first-order valence-corrected chi connectivity index (χ1v) is 10.5. The van der Waals surface area contributed by atoms with Gasteiger partial charge in [-0.2, -0.15) is 18.3 Å². The maximum absolute atomic E-state index is 13.1. The number of carbonyl (C=O) groups is 1. The Labute approximate surface area is 186 Å². The number of fused-ring (bicyclic) bond motifs is 2. The quantitative estimate of drug-likeness (QED) is 0.582. The zero-order valence-electron chi connectivity index (χ0n) is 17.7. The van der Waals surface area contributed by atoms with Crippen LogP contribution in [0.3, 0.4) is 0 Å². The molecular weight excluding hydrogens is 441 g/mol. The lowest BCUT2D eigenvalue weighted by Gasteiger charge is -2.34. The Kier molecular flexibility index (Phi) is 5.02. The largest absolute Gasteiger partial charge is 0.488 e. The molecule has 1 saturated heterocycles. The molecule has 3 aromatic rings. The van der Waals surface area contributed by atoms with Crippen molar-refractivity contribution in [1.82, 2.24) is 24.1 Å². The van der Waals surface area contributed by atoms with Gasteiger partial charge in [0.1, 0.15) is 6.61 Å². The molecule has 9 nitrogen and oxygen atoms in total. The van der Waals surface area contributed by atoms with Crippen LogP contribution in [0, 0.1) is 5.92 Å². The van der Waals surface area contributed by atoms with Crippen molar-refractivity contribution in [1.29, 1.82) is 0 Å². The second-order valence-corrected chi connectivity index (χ2v) is 8.20. The summed E-state index contributed by atoms with van der Waals surface area (Å²) in [7, 11) is 1.57. The van der Waals surface area contributed by atoms with Crippen LogP contribution in [-0.2, 0) is 7.05 Å². The lowest BCUT2D eigenvalue weighted by Crippen LogP contribution is -2.44. The zero-order chi connectivity index (χ0) is 23.3. The third kappa shape index (κ3) is 3.79. The minimum Gasteiger partial charge on any atom is -0.488 e. The number of hydrogen-bond acceptors (Lipinski definition) is 6. The van der Waals surface area contributed by atoms with E-state index in [2.05, 4.69) is 10.1 Å². The number of aryl methyl sites for hydroxylation is 1. The number of rotatable bonds is 2. The number of carbonyl (C=O) groups excluding carboxylic acids is 1. The Morgan fingerprint density at radius 3 is 2.85 bits per heavy atom. The average molecular weight is 462 g/mol. The van der Waals surface area contributed by atoms with Crippen molar-refractivity contribution >= 4 is 23.1 Å². The molecule has 5 heterocycles. The van der Waals surface area contributed by atoms with E-state index < -0.39 is 18.0 Å². The highest BCUT2D eigenvalue weighted by atomic mass is 19.4. The summed E-state index contributed by atoms with van der Waals surface area (Å²) in [6.45, 7) is 0.737. The van der Waals surface area contributed by atoms with Crippen LogP contribution < -0.4 is 15.3 Å². The minimum absolute atomic E-state index is 0.0283. The summed E-state index contributed by atoms with van der Waals surface area (Å²) in [4.78, 5) is 32.5. The van der Waals surface area contributed by atoms with Crippen molar-refractivity contribution in [3.63, 3.8) is 0 Å². The molecule has 12 heteroatoms. The van der Waals surface area contributed by atoms with Crippen LogP contribution in [0.5, 0.6) is 5.75 Å². The van der Waals surface area contributed by atoms with Gasteiger partial charge in [0.25, 0.3) is 5.91 Å². The normalized spacial score (nSPS) is 18.8. The van der Waals surface area contributed by atoms with Gasteiger partial charge >= 0.3 is 11.9 Å². The maximum atomic E-state index is 13.1. The Hall–Kier alpha value is -3.57. The number of likely N-dealkylation sites (tertiary alicyclic amines) is 1. The number of anilines is 2. The van der Waals surface area contributed by atoms with Gasteiger partial charge < -0.3 is 14.5 Å². The Balaban J connectivity index is 1.42. The van der Waals surface area contributed by atoms with Crippen molar-refractivity contribution in [2.75, 3.05) is 31.1 Å². The molecule has 0 aromatic carbocycles. The molecule has 1 atom stereocenters. The van der Waals surface area contributed by atoms with Gasteiger partial charge in [0, 0.05) is 44.3 Å². The average Bonchev–Trinajstić information content (AvgIpc) is 3.10. The molecule has 174 valence electrons. The minimum atomic E-state index is -4.32. The van der Waals surface area contributed by atoms with Crippen molar-refractivity contribution in [3.05, 3.63) is 46.6 Å². The van der Waals surface area contributed by atoms with E-state index in [0.717, 1.165) is 5.69 Å². The van der Waals surface area contributed by atoms with Crippen LogP contribution >= 0.6 is 0 Å². The number of hydrogen-bond donors (Lipinski definition) is 0. The molecule has 1 amide bonds. The third-order valence-electron chi connectivity index (χ3n) is 6.04. The van der Waals surface area contributed by atoms with Crippen LogP contribution in [0.2, 0.25) is 0 Å². The molecule has 0 unspecified atom stereocenters. The summed E-state index contributed by atoms with van der Waals surface area (Å²) in [5, 5.41) is 4.20. The molecule has 0 N–H and O–H groups in total. The van der Waals surface area contributed by atoms with E-state index >= 15 is 0 Å². The van der Waals surface area contributed by atoms with Crippen molar-refractivity contribution < 1.29 is 22.7 Å². The molecular formula is C21H21F3N6O3. The summed E-state index contributed by atoms with van der Waals surface area (Å²) in [5.74, 6) is -1.15. The topological polar surface area (TPSA) is 85.0 Å². The second-order valence-electron chi connectivity index (χ2n) is 8.20. The molecule has 0 aliphatic carbocycles. The first-order valence-electron chi connectivity index (χ1n) is 10.5. The number of aromatic nitrogens is 4. The van der Waals surface area contributed by atoms with Gasteiger partial charge in [-0.15, -0.1) is 0 Å². The van der Waals surface area contributed by atoms with Crippen LogP contribution in [0.1, 0.15) is 23.2 Å². The smallest absolute Gasteiger partial charge is 0.393 e. The van der Waals surface area contributed by atoms with Gasteiger partial charge in [0.2, 0.25) is 0 Å². The molecule has 1 fully saturated rings. The van der Waals surface area contributed by atoms with E-state index in [-0.39, 0.29) is 30.8 Å². The number of nitrogens with zero attached hydrogens (tertiary/aromatic N) is 6. The van der Waals surface area contributed by atoms with E-state index in [1.807, 2.05) is 4.90 Å². The standard InChI is InChI=1S/C21H21F3N6O3/c1-27-20(32)30-6-4-15(10-17(30)26-27)29-7-8-33-16-9-13(11-25-18(16)29)19(31)28-5-2-3-14(12-28)21(22,23)24/h4,6,9-11,14H,2-3,5,7-8,12H2,1H3/t14-/m1/s1. The van der Waals surface area contributed by atoms with Crippen LogP contribution in [0.4, 0.5) is 24.7 Å². The first kappa shape index (κ1) is 21.3. The predicted octanol–water partition coefficient (Wildman–Crippen LogP) is 2.37. The molecule has 5 rings (SSSR count). The summed E-state index contributed by atoms with van der Waals surface area (Å²) in [5.41, 5.74) is 1.15. The fraction of sp³-hybridized carbons (Fsp3) is 0.429. The van der Waals surface area contributed by atoms with Crippen LogP contribution in [0.15, 0.2) is 35.4 Å². The van der Waals surface area contributed by atoms with Gasteiger partial charge in [0.05, 0.1) is 18.0 Å².